The van der Waals surface area contributed by atoms with Gasteiger partial charge in [0.1, 0.15) is 0 Å². The predicted molar refractivity (Wildman–Crippen MR) is 52.5 cm³/mol. The highest BCUT2D eigenvalue weighted by atomic mass is 16.1. The van der Waals surface area contributed by atoms with E-state index in [1.807, 2.05) is 0 Å². The Kier molecular flexibility index (Phi) is 2.24. The maximum absolute atomic E-state index is 11.4. The van der Waals surface area contributed by atoms with Crippen LogP contribution in [-0.2, 0) is 4.79 Å². The number of carbonyl (C=O) groups is 1. The monoisotopic (exact) mass is 179 g/mol. The Morgan fingerprint density at radius 1 is 1.54 bits per heavy atom. The lowest BCUT2D eigenvalue weighted by molar-refractivity contribution is -0.114. The molecule has 13 heavy (non-hydrogen) atoms. The highest BCUT2D eigenvalue weighted by molar-refractivity contribution is 5.93. The summed E-state index contributed by atoms with van der Waals surface area (Å²) in [6, 6.07) is 0.688. The van der Waals surface area contributed by atoms with Crippen molar-refractivity contribution >= 4 is 5.78 Å². The van der Waals surface area contributed by atoms with Crippen LogP contribution in [0.25, 0.3) is 0 Å². The fourth-order valence-electron chi connectivity index (χ4n) is 2.61. The summed E-state index contributed by atoms with van der Waals surface area (Å²) in [5.74, 6) is 0.794. The van der Waals surface area contributed by atoms with Crippen LogP contribution >= 0.6 is 0 Å². The molecular formula is C11H17NO. The van der Waals surface area contributed by atoms with Crippen LogP contribution in [0.4, 0.5) is 0 Å². The summed E-state index contributed by atoms with van der Waals surface area (Å²) >= 11 is 0. The fraction of sp³-hybridized carbons (Fsp3) is 0.727. The van der Waals surface area contributed by atoms with Crippen molar-refractivity contribution in [2.45, 2.75) is 32.2 Å². The van der Waals surface area contributed by atoms with E-state index in [2.05, 4.69) is 18.0 Å². The van der Waals surface area contributed by atoms with E-state index < -0.39 is 0 Å². The minimum absolute atomic E-state index is 0.279. The van der Waals surface area contributed by atoms with Gasteiger partial charge in [-0.3, -0.25) is 4.79 Å². The van der Waals surface area contributed by atoms with Gasteiger partial charge in [-0.25, -0.2) is 0 Å². The first-order valence-corrected chi connectivity index (χ1v) is 5.09. The summed E-state index contributed by atoms with van der Waals surface area (Å²) < 4.78 is 0. The number of nitrogens with zero attached hydrogens (tertiary/aromatic N) is 1. The third-order valence-electron chi connectivity index (χ3n) is 3.44. The van der Waals surface area contributed by atoms with Gasteiger partial charge in [0, 0.05) is 12.6 Å². The molecule has 0 aromatic heterocycles. The van der Waals surface area contributed by atoms with Crippen LogP contribution < -0.4 is 0 Å². The second-order valence-electron chi connectivity index (χ2n) is 4.32. The van der Waals surface area contributed by atoms with E-state index in [9.17, 15) is 4.79 Å². The molecule has 72 valence electrons. The third kappa shape index (κ3) is 1.55. The zero-order valence-electron chi connectivity index (χ0n) is 8.42. The van der Waals surface area contributed by atoms with E-state index in [1.54, 1.807) is 6.92 Å². The van der Waals surface area contributed by atoms with E-state index >= 15 is 0 Å². The largest absolute Gasteiger partial charge is 0.303 e. The second-order valence-corrected chi connectivity index (χ2v) is 4.32. The second kappa shape index (κ2) is 3.26. The normalized spacial score (nSPS) is 34.2. The molecule has 0 aromatic rings. The van der Waals surface area contributed by atoms with Gasteiger partial charge in [0.05, 0.1) is 0 Å². The molecule has 2 heteroatoms. The number of piperidine rings is 1. The Balaban J connectivity index is 2.23. The summed E-state index contributed by atoms with van der Waals surface area (Å²) in [6.45, 7) is 2.78. The Morgan fingerprint density at radius 3 is 2.92 bits per heavy atom. The molecule has 0 amide bonds. The van der Waals surface area contributed by atoms with Crippen LogP contribution in [0.1, 0.15) is 26.2 Å². The molecule has 0 saturated carbocycles. The molecule has 2 heterocycles. The molecule has 0 unspecified atom stereocenters. The quantitative estimate of drug-likeness (QED) is 0.609. The number of Topliss-reactive ketones (excluding diaryl/α,β-unsaturated/α-hetero) is 1. The van der Waals surface area contributed by atoms with E-state index in [-0.39, 0.29) is 5.78 Å². The van der Waals surface area contributed by atoms with Crippen molar-refractivity contribution < 1.29 is 4.79 Å². The van der Waals surface area contributed by atoms with Crippen molar-refractivity contribution in [3.8, 4) is 0 Å². The lowest BCUT2D eigenvalue weighted by Gasteiger charge is -2.34. The van der Waals surface area contributed by atoms with Gasteiger partial charge in [-0.05, 0) is 44.7 Å². The Hall–Kier alpha value is -0.630. The summed E-state index contributed by atoms with van der Waals surface area (Å²) in [5.41, 5.74) is 1.09. The van der Waals surface area contributed by atoms with Crippen molar-refractivity contribution in [1.82, 2.24) is 4.90 Å². The van der Waals surface area contributed by atoms with Crippen LogP contribution in [0.3, 0.4) is 0 Å². The van der Waals surface area contributed by atoms with Gasteiger partial charge < -0.3 is 4.90 Å². The topological polar surface area (TPSA) is 20.3 Å². The molecule has 0 N–H and O–H groups in total. The number of ketones is 1. The van der Waals surface area contributed by atoms with Crippen molar-refractivity contribution in [3.05, 3.63) is 11.6 Å². The zero-order chi connectivity index (χ0) is 9.42. The molecule has 0 aromatic carbocycles. The molecule has 2 nitrogen and oxygen atoms in total. The number of fused-ring (bicyclic) bond motifs is 3. The molecule has 2 bridgehead atoms. The fourth-order valence-corrected chi connectivity index (χ4v) is 2.61. The first-order chi connectivity index (χ1) is 6.18. The van der Waals surface area contributed by atoms with Crippen LogP contribution in [0, 0.1) is 5.92 Å². The summed E-state index contributed by atoms with van der Waals surface area (Å²) in [6.07, 6.45) is 5.71. The Morgan fingerprint density at radius 2 is 2.31 bits per heavy atom. The van der Waals surface area contributed by atoms with E-state index in [0.29, 0.717) is 12.0 Å². The highest BCUT2D eigenvalue weighted by Crippen LogP contribution is 2.32. The van der Waals surface area contributed by atoms with E-state index in [1.165, 1.54) is 12.8 Å². The molecule has 1 saturated heterocycles. The van der Waals surface area contributed by atoms with Crippen molar-refractivity contribution in [2.75, 3.05) is 13.6 Å². The SMILES string of the molecule is CC(=O)C1=CC[C@@H]2CC[C@H]1CN2C. The van der Waals surface area contributed by atoms with Gasteiger partial charge in [0.2, 0.25) is 0 Å². The van der Waals surface area contributed by atoms with Gasteiger partial charge in [-0.2, -0.15) is 0 Å². The first kappa shape index (κ1) is 8.95. The third-order valence-corrected chi connectivity index (χ3v) is 3.44. The number of rotatable bonds is 1. The smallest absolute Gasteiger partial charge is 0.155 e. The molecule has 2 atom stereocenters. The van der Waals surface area contributed by atoms with Crippen LogP contribution in [0.2, 0.25) is 0 Å². The van der Waals surface area contributed by atoms with Gasteiger partial charge in [0.25, 0.3) is 0 Å². The van der Waals surface area contributed by atoms with E-state index in [0.717, 1.165) is 18.5 Å². The molecule has 1 aliphatic carbocycles. The molecule has 0 radical (unpaired) electrons. The standard InChI is InChI=1S/C11H17NO/c1-8(13)11-6-5-10-4-3-9(11)7-12(10)2/h6,9-10H,3-5,7H2,1-2H3/t9-,10-/m0/s1. The lowest BCUT2D eigenvalue weighted by atomic mass is 9.89. The average molecular weight is 179 g/mol. The molecule has 3 rings (SSSR count). The van der Waals surface area contributed by atoms with Crippen LogP contribution in [0.5, 0.6) is 0 Å². The van der Waals surface area contributed by atoms with Crippen molar-refractivity contribution in [1.29, 1.82) is 0 Å². The number of hydrogen-bond donors (Lipinski definition) is 0. The van der Waals surface area contributed by atoms with Gasteiger partial charge in [-0.15, -0.1) is 0 Å². The number of hydrogen-bond acceptors (Lipinski definition) is 2. The Bertz CT molecular complexity index is 257. The molecule has 1 fully saturated rings. The van der Waals surface area contributed by atoms with Crippen LogP contribution in [-0.4, -0.2) is 30.3 Å². The minimum Gasteiger partial charge on any atom is -0.303 e. The molecule has 0 spiro atoms. The molecule has 2 aliphatic heterocycles. The van der Waals surface area contributed by atoms with Crippen molar-refractivity contribution in [2.24, 2.45) is 5.92 Å². The zero-order valence-corrected chi connectivity index (χ0v) is 8.42. The molecular weight excluding hydrogens is 162 g/mol. The lowest BCUT2D eigenvalue weighted by Crippen LogP contribution is -2.39. The van der Waals surface area contributed by atoms with Crippen LogP contribution in [0.15, 0.2) is 11.6 Å². The van der Waals surface area contributed by atoms with Gasteiger partial charge >= 0.3 is 0 Å². The summed E-state index contributed by atoms with van der Waals surface area (Å²) in [7, 11) is 2.17. The average Bonchev–Trinajstić information content (AvgIpc) is 2.34. The van der Waals surface area contributed by atoms with Gasteiger partial charge in [0.15, 0.2) is 5.78 Å². The predicted octanol–water partition coefficient (Wildman–Crippen LogP) is 1.62. The maximum Gasteiger partial charge on any atom is 0.155 e. The van der Waals surface area contributed by atoms with Crippen molar-refractivity contribution in [3.63, 3.8) is 0 Å². The van der Waals surface area contributed by atoms with Gasteiger partial charge in [-0.1, -0.05) is 6.08 Å². The maximum atomic E-state index is 11.4. The first-order valence-electron chi connectivity index (χ1n) is 5.09. The van der Waals surface area contributed by atoms with E-state index in [4.69, 9.17) is 0 Å². The summed E-state index contributed by atoms with van der Waals surface area (Å²) in [5, 5.41) is 0. The highest BCUT2D eigenvalue weighted by Gasteiger charge is 2.31. The molecule has 3 aliphatic rings. The minimum atomic E-state index is 0.279. The Labute approximate surface area is 79.6 Å². The number of carbonyl (C=O) groups excluding carboxylic acids is 1. The summed E-state index contributed by atoms with van der Waals surface area (Å²) in [4.78, 5) is 13.8.